The summed E-state index contributed by atoms with van der Waals surface area (Å²) in [5.74, 6) is 0.175. The third-order valence-electron chi connectivity index (χ3n) is 5.74. The first-order valence-corrected chi connectivity index (χ1v) is 9.69. The predicted octanol–water partition coefficient (Wildman–Crippen LogP) is 1.10. The fraction of sp³-hybridized carbons (Fsp3) is 0.429. The zero-order valence-electron chi connectivity index (χ0n) is 15.8. The Balaban J connectivity index is 1.62. The van der Waals surface area contributed by atoms with Gasteiger partial charge in [0.1, 0.15) is 17.1 Å². The summed E-state index contributed by atoms with van der Waals surface area (Å²) in [4.78, 5) is 21.2. The van der Waals surface area contributed by atoms with Crippen molar-refractivity contribution in [2.45, 2.75) is 18.1 Å². The Bertz CT molecular complexity index is 825. The molecule has 0 bridgehead atoms. The van der Waals surface area contributed by atoms with Crippen LogP contribution in [0.4, 0.5) is 5.82 Å². The highest BCUT2D eigenvalue weighted by atomic mass is 16.5. The van der Waals surface area contributed by atoms with Crippen molar-refractivity contribution in [1.82, 2.24) is 14.8 Å². The van der Waals surface area contributed by atoms with Gasteiger partial charge in [0.25, 0.3) is 5.91 Å². The number of piperidine rings is 1. The molecule has 28 heavy (non-hydrogen) atoms. The second-order valence-corrected chi connectivity index (χ2v) is 7.40. The Kier molecular flexibility index (Phi) is 5.30. The summed E-state index contributed by atoms with van der Waals surface area (Å²) in [6.07, 6.45) is 0.465. The van der Waals surface area contributed by atoms with Gasteiger partial charge in [-0.3, -0.25) is 9.69 Å². The van der Waals surface area contributed by atoms with Gasteiger partial charge in [0.2, 0.25) is 0 Å². The number of hydrogen-bond acceptors (Lipinski definition) is 6. The molecule has 2 aliphatic rings. The van der Waals surface area contributed by atoms with E-state index in [9.17, 15) is 9.90 Å². The summed E-state index contributed by atoms with van der Waals surface area (Å²) in [5.41, 5.74) is 5.96. The topological polar surface area (TPSA) is 91.9 Å². The number of morpholine rings is 1. The number of rotatable bonds is 3. The monoisotopic (exact) mass is 382 g/mol. The van der Waals surface area contributed by atoms with Crippen molar-refractivity contribution in [1.29, 1.82) is 0 Å². The van der Waals surface area contributed by atoms with Gasteiger partial charge in [0.05, 0.1) is 19.3 Å². The van der Waals surface area contributed by atoms with Gasteiger partial charge in [-0.15, -0.1) is 0 Å². The van der Waals surface area contributed by atoms with Gasteiger partial charge in [-0.2, -0.15) is 0 Å². The molecule has 2 aliphatic heterocycles. The van der Waals surface area contributed by atoms with E-state index in [4.69, 9.17) is 10.5 Å². The maximum atomic E-state index is 13.0. The van der Waals surface area contributed by atoms with E-state index in [0.717, 1.165) is 18.7 Å². The lowest BCUT2D eigenvalue weighted by molar-refractivity contribution is -0.112. The van der Waals surface area contributed by atoms with Gasteiger partial charge >= 0.3 is 0 Å². The van der Waals surface area contributed by atoms with E-state index < -0.39 is 5.60 Å². The lowest BCUT2D eigenvalue weighted by Crippen LogP contribution is -2.63. The average molecular weight is 382 g/mol. The number of carbonyl (C=O) groups excluding carboxylic acids is 1. The minimum atomic E-state index is -1.02. The smallest absolute Gasteiger partial charge is 0.272 e. The second kappa shape index (κ2) is 7.87. The molecule has 7 heteroatoms. The molecule has 0 spiro atoms. The first kappa shape index (κ1) is 18.9. The SMILES string of the molecule is Nc1cccc(C(=O)N2CC[C@](O)(c3ccccc3)[C@H](N3CCOCC3)C2)n1. The van der Waals surface area contributed by atoms with Crippen LogP contribution in [0.3, 0.4) is 0 Å². The van der Waals surface area contributed by atoms with E-state index in [1.807, 2.05) is 30.3 Å². The van der Waals surface area contributed by atoms with Gasteiger partial charge in [-0.05, 0) is 24.1 Å². The number of carbonyl (C=O) groups is 1. The third kappa shape index (κ3) is 3.61. The number of pyridine rings is 1. The van der Waals surface area contributed by atoms with Crippen molar-refractivity contribution < 1.29 is 14.6 Å². The van der Waals surface area contributed by atoms with Crippen LogP contribution in [0.15, 0.2) is 48.5 Å². The molecule has 0 radical (unpaired) electrons. The number of ether oxygens (including phenoxy) is 1. The lowest BCUT2D eigenvalue weighted by Gasteiger charge is -2.50. The quantitative estimate of drug-likeness (QED) is 0.826. The molecule has 1 aromatic heterocycles. The minimum absolute atomic E-state index is 0.152. The molecule has 7 nitrogen and oxygen atoms in total. The van der Waals surface area contributed by atoms with Crippen molar-refractivity contribution in [3.8, 4) is 0 Å². The molecule has 0 unspecified atom stereocenters. The van der Waals surface area contributed by atoms with Crippen molar-refractivity contribution in [2.24, 2.45) is 0 Å². The second-order valence-electron chi connectivity index (χ2n) is 7.40. The van der Waals surface area contributed by atoms with Gasteiger partial charge in [0, 0.05) is 26.2 Å². The van der Waals surface area contributed by atoms with Crippen LogP contribution in [0.2, 0.25) is 0 Å². The lowest BCUT2D eigenvalue weighted by atomic mass is 9.79. The van der Waals surface area contributed by atoms with Gasteiger partial charge in [0.15, 0.2) is 0 Å². The molecule has 4 rings (SSSR count). The molecule has 1 aromatic carbocycles. The summed E-state index contributed by atoms with van der Waals surface area (Å²) in [5, 5.41) is 11.7. The van der Waals surface area contributed by atoms with Crippen molar-refractivity contribution in [3.63, 3.8) is 0 Å². The molecule has 2 fully saturated rings. The Morgan fingerprint density at radius 2 is 1.86 bits per heavy atom. The van der Waals surface area contributed by atoms with Crippen LogP contribution in [-0.2, 0) is 10.3 Å². The molecule has 1 amide bonds. The predicted molar refractivity (Wildman–Crippen MR) is 106 cm³/mol. The Morgan fingerprint density at radius 3 is 2.57 bits per heavy atom. The molecule has 2 atom stereocenters. The molecule has 0 saturated carbocycles. The summed E-state index contributed by atoms with van der Waals surface area (Å²) < 4.78 is 5.49. The van der Waals surface area contributed by atoms with Crippen molar-refractivity contribution in [3.05, 3.63) is 59.8 Å². The summed E-state index contributed by atoms with van der Waals surface area (Å²) in [6.45, 7) is 3.62. The number of likely N-dealkylation sites (tertiary alicyclic amines) is 1. The Labute approximate surface area is 164 Å². The number of hydrogen-bond donors (Lipinski definition) is 2. The molecule has 2 aromatic rings. The normalized spacial score (nSPS) is 26.2. The average Bonchev–Trinajstić information content (AvgIpc) is 2.75. The Morgan fingerprint density at radius 1 is 1.11 bits per heavy atom. The number of amides is 1. The Hall–Kier alpha value is -2.48. The number of anilines is 1. The van der Waals surface area contributed by atoms with Gasteiger partial charge < -0.3 is 20.5 Å². The maximum absolute atomic E-state index is 13.0. The number of nitrogen functional groups attached to an aromatic ring is 1. The molecule has 3 heterocycles. The fourth-order valence-corrected chi connectivity index (χ4v) is 4.21. The van der Waals surface area contributed by atoms with Crippen LogP contribution in [0.25, 0.3) is 0 Å². The molecule has 0 aliphatic carbocycles. The number of nitrogens with two attached hydrogens (primary N) is 1. The summed E-state index contributed by atoms with van der Waals surface area (Å²) >= 11 is 0. The highest BCUT2D eigenvalue weighted by Crippen LogP contribution is 2.36. The van der Waals surface area contributed by atoms with Crippen LogP contribution in [0, 0.1) is 0 Å². The number of nitrogens with zero attached hydrogens (tertiary/aromatic N) is 3. The van der Waals surface area contributed by atoms with E-state index in [1.165, 1.54) is 0 Å². The van der Waals surface area contributed by atoms with Crippen LogP contribution in [0.5, 0.6) is 0 Å². The highest BCUT2D eigenvalue weighted by Gasteiger charge is 2.47. The zero-order valence-corrected chi connectivity index (χ0v) is 15.8. The standard InChI is InChI=1S/C21H26N4O3/c22-19-8-4-7-17(23-19)20(26)25-10-9-21(27,16-5-2-1-3-6-16)18(15-25)24-11-13-28-14-12-24/h1-8,18,27H,9-15H2,(H2,22,23)/t18-,21+/m1/s1. The molecule has 2 saturated heterocycles. The number of aromatic nitrogens is 1. The highest BCUT2D eigenvalue weighted by molar-refractivity contribution is 5.92. The van der Waals surface area contributed by atoms with Crippen molar-refractivity contribution >= 4 is 11.7 Å². The van der Waals surface area contributed by atoms with Gasteiger partial charge in [-0.1, -0.05) is 36.4 Å². The van der Waals surface area contributed by atoms with Crippen molar-refractivity contribution in [2.75, 3.05) is 45.1 Å². The third-order valence-corrected chi connectivity index (χ3v) is 5.74. The minimum Gasteiger partial charge on any atom is -0.384 e. The first-order valence-electron chi connectivity index (χ1n) is 9.69. The van der Waals surface area contributed by atoms with Crippen LogP contribution in [0.1, 0.15) is 22.5 Å². The van der Waals surface area contributed by atoms with E-state index in [0.29, 0.717) is 44.2 Å². The molecular formula is C21H26N4O3. The van der Waals surface area contributed by atoms with Crippen LogP contribution in [-0.4, -0.2) is 71.2 Å². The van der Waals surface area contributed by atoms with E-state index in [2.05, 4.69) is 9.88 Å². The summed E-state index contributed by atoms with van der Waals surface area (Å²) in [7, 11) is 0. The zero-order chi connectivity index (χ0) is 19.6. The van der Waals surface area contributed by atoms with E-state index >= 15 is 0 Å². The van der Waals surface area contributed by atoms with E-state index in [-0.39, 0.29) is 11.9 Å². The fourth-order valence-electron chi connectivity index (χ4n) is 4.21. The maximum Gasteiger partial charge on any atom is 0.272 e. The summed E-state index contributed by atoms with van der Waals surface area (Å²) in [6, 6.07) is 14.6. The first-order chi connectivity index (χ1) is 13.6. The van der Waals surface area contributed by atoms with Crippen LogP contribution >= 0.6 is 0 Å². The van der Waals surface area contributed by atoms with Gasteiger partial charge in [-0.25, -0.2) is 4.98 Å². The molecular weight excluding hydrogens is 356 g/mol. The molecule has 3 N–H and O–H groups in total. The van der Waals surface area contributed by atoms with Crippen LogP contribution < -0.4 is 5.73 Å². The molecule has 148 valence electrons. The largest absolute Gasteiger partial charge is 0.384 e. The number of benzene rings is 1. The number of aliphatic hydroxyl groups is 1. The van der Waals surface area contributed by atoms with E-state index in [1.54, 1.807) is 23.1 Å².